The number of allylic oxidation sites excluding steroid dienone is 1. The lowest BCUT2D eigenvalue weighted by Crippen LogP contribution is -2.09. The van der Waals surface area contributed by atoms with E-state index in [0.29, 0.717) is 12.2 Å². The second-order valence-corrected chi connectivity index (χ2v) is 3.67. The molecule has 0 unspecified atom stereocenters. The Kier molecular flexibility index (Phi) is 8.87. The summed E-state index contributed by atoms with van der Waals surface area (Å²) in [5, 5.41) is 0. The van der Waals surface area contributed by atoms with Gasteiger partial charge in [-0.2, -0.15) is 0 Å². The van der Waals surface area contributed by atoms with Crippen LogP contribution < -0.4 is 0 Å². The molecular weight excluding hydrogens is 248 g/mol. The lowest BCUT2D eigenvalue weighted by molar-refractivity contribution is -0.138. The lowest BCUT2D eigenvalue weighted by Gasteiger charge is -2.04. The van der Waals surface area contributed by atoms with Crippen LogP contribution >= 0.6 is 0 Å². The molecule has 0 spiro atoms. The minimum absolute atomic E-state index is 0.0196. The highest BCUT2D eigenvalue weighted by Crippen LogP contribution is 2.01. The number of hydrogen-bond acceptors (Lipinski definition) is 5. The molecule has 19 heavy (non-hydrogen) atoms. The first kappa shape index (κ1) is 17.0. The first-order chi connectivity index (χ1) is 9.01. The first-order valence-electron chi connectivity index (χ1n) is 5.95. The van der Waals surface area contributed by atoms with Crippen molar-refractivity contribution in [2.75, 3.05) is 19.8 Å². The number of hydrogen-bond donors (Lipinski definition) is 0. The summed E-state index contributed by atoms with van der Waals surface area (Å²) in [4.78, 5) is 22.5. The minimum atomic E-state index is -0.772. The van der Waals surface area contributed by atoms with Gasteiger partial charge in [0.15, 0.2) is 0 Å². The predicted molar refractivity (Wildman–Crippen MR) is 71.6 cm³/mol. The molecule has 0 aromatic carbocycles. The fourth-order valence-corrected chi connectivity index (χ4v) is 1.01. The molecule has 0 saturated heterocycles. The van der Waals surface area contributed by atoms with Crippen LogP contribution in [0.3, 0.4) is 0 Å². The highest BCUT2D eigenvalue weighted by Gasteiger charge is 2.05. The largest absolute Gasteiger partial charge is 0.508 e. The second kappa shape index (κ2) is 9.94. The Morgan fingerprint density at radius 2 is 1.89 bits per heavy atom. The van der Waals surface area contributed by atoms with Crippen molar-refractivity contribution in [2.45, 2.75) is 20.8 Å². The van der Waals surface area contributed by atoms with Gasteiger partial charge in [-0.15, -0.1) is 0 Å². The van der Waals surface area contributed by atoms with Gasteiger partial charge >= 0.3 is 12.1 Å². The molecule has 0 aromatic rings. The van der Waals surface area contributed by atoms with E-state index in [-0.39, 0.29) is 13.2 Å². The molecule has 0 aromatic heterocycles. The normalized spacial score (nSPS) is 11.2. The standard InChI is InChI=1S/C14H20O5/c1-5-12(13(15)17-6-2)8-7-9-18-14(16)19-10-11(3)4/h5,7-8H,3,6,9-10H2,1-2,4H3/b8-7-,12-5-. The van der Waals surface area contributed by atoms with Gasteiger partial charge in [0.2, 0.25) is 0 Å². The summed E-state index contributed by atoms with van der Waals surface area (Å²) in [6.45, 7) is 9.25. The number of carbonyl (C=O) groups excluding carboxylic acids is 2. The molecule has 0 bridgehead atoms. The van der Waals surface area contributed by atoms with Gasteiger partial charge in [-0.3, -0.25) is 0 Å². The van der Waals surface area contributed by atoms with Gasteiger partial charge in [0.25, 0.3) is 0 Å². The van der Waals surface area contributed by atoms with Crippen molar-refractivity contribution >= 4 is 12.1 Å². The summed E-state index contributed by atoms with van der Waals surface area (Å²) in [7, 11) is 0. The van der Waals surface area contributed by atoms with E-state index >= 15 is 0 Å². The molecule has 0 aliphatic carbocycles. The van der Waals surface area contributed by atoms with E-state index in [9.17, 15) is 9.59 Å². The predicted octanol–water partition coefficient (Wildman–Crippen LogP) is 2.78. The van der Waals surface area contributed by atoms with Gasteiger partial charge in [-0.05, 0) is 38.5 Å². The smallest absolute Gasteiger partial charge is 0.462 e. The van der Waals surface area contributed by atoms with Gasteiger partial charge < -0.3 is 14.2 Å². The fraction of sp³-hybridized carbons (Fsp3) is 0.429. The molecule has 0 aliphatic rings. The topological polar surface area (TPSA) is 61.8 Å². The van der Waals surface area contributed by atoms with Crippen molar-refractivity contribution < 1.29 is 23.8 Å². The summed E-state index contributed by atoms with van der Waals surface area (Å²) in [6.07, 6.45) is 3.91. The third-order valence-electron chi connectivity index (χ3n) is 1.85. The van der Waals surface area contributed by atoms with E-state index in [4.69, 9.17) is 14.2 Å². The molecule has 106 valence electrons. The highest BCUT2D eigenvalue weighted by molar-refractivity contribution is 5.91. The lowest BCUT2D eigenvalue weighted by atomic mass is 10.2. The Bertz CT molecular complexity index is 379. The Balaban J connectivity index is 4.04. The zero-order valence-electron chi connectivity index (χ0n) is 11.6. The molecule has 0 radical (unpaired) electrons. The van der Waals surface area contributed by atoms with Gasteiger partial charge in [0.05, 0.1) is 12.2 Å². The molecule has 0 aliphatic heterocycles. The minimum Gasteiger partial charge on any atom is -0.462 e. The molecule has 0 saturated carbocycles. The Morgan fingerprint density at radius 1 is 1.21 bits per heavy atom. The van der Waals surface area contributed by atoms with Crippen LogP contribution in [-0.4, -0.2) is 31.9 Å². The van der Waals surface area contributed by atoms with Crippen LogP contribution in [0.15, 0.2) is 36.0 Å². The number of rotatable bonds is 7. The average Bonchev–Trinajstić information content (AvgIpc) is 2.36. The van der Waals surface area contributed by atoms with E-state index < -0.39 is 12.1 Å². The zero-order valence-corrected chi connectivity index (χ0v) is 11.6. The van der Waals surface area contributed by atoms with Crippen LogP contribution in [0.25, 0.3) is 0 Å². The van der Waals surface area contributed by atoms with Crippen molar-refractivity contribution in [3.63, 3.8) is 0 Å². The van der Waals surface area contributed by atoms with E-state index in [1.165, 1.54) is 12.2 Å². The summed E-state index contributed by atoms with van der Waals surface area (Å²) < 4.78 is 14.3. The third-order valence-corrected chi connectivity index (χ3v) is 1.85. The molecule has 0 rings (SSSR count). The molecule has 5 nitrogen and oxygen atoms in total. The van der Waals surface area contributed by atoms with Crippen LogP contribution in [0, 0.1) is 0 Å². The average molecular weight is 268 g/mol. The van der Waals surface area contributed by atoms with Crippen LogP contribution in [0.4, 0.5) is 4.79 Å². The third kappa shape index (κ3) is 8.65. The van der Waals surface area contributed by atoms with E-state index in [2.05, 4.69) is 6.58 Å². The molecule has 0 fully saturated rings. The quantitative estimate of drug-likeness (QED) is 0.307. The number of esters is 1. The van der Waals surface area contributed by atoms with Gasteiger partial charge in [0.1, 0.15) is 13.2 Å². The zero-order chi connectivity index (χ0) is 14.7. The monoisotopic (exact) mass is 268 g/mol. The SMILES string of the molecule is C=C(C)COC(=O)OC/C=C\C(=C\C)C(=O)OCC. The van der Waals surface area contributed by atoms with Crippen LogP contribution in [0.5, 0.6) is 0 Å². The van der Waals surface area contributed by atoms with E-state index in [0.717, 1.165) is 5.57 Å². The van der Waals surface area contributed by atoms with Crippen molar-refractivity contribution in [1.29, 1.82) is 0 Å². The maximum Gasteiger partial charge on any atom is 0.508 e. The van der Waals surface area contributed by atoms with Gasteiger partial charge in [-0.25, -0.2) is 9.59 Å². The molecule has 0 N–H and O–H groups in total. The van der Waals surface area contributed by atoms with E-state index in [1.807, 2.05) is 0 Å². The molecular formula is C14H20O5. The maximum atomic E-state index is 11.4. The van der Waals surface area contributed by atoms with Crippen LogP contribution in [0.1, 0.15) is 20.8 Å². The van der Waals surface area contributed by atoms with Crippen molar-refractivity contribution in [2.24, 2.45) is 0 Å². The number of carbonyl (C=O) groups is 2. The van der Waals surface area contributed by atoms with Gasteiger partial charge in [0, 0.05) is 0 Å². The number of ether oxygens (including phenoxy) is 3. The van der Waals surface area contributed by atoms with Crippen molar-refractivity contribution in [3.05, 3.63) is 36.0 Å². The highest BCUT2D eigenvalue weighted by atomic mass is 16.7. The van der Waals surface area contributed by atoms with Crippen molar-refractivity contribution in [3.8, 4) is 0 Å². The molecule has 0 heterocycles. The van der Waals surface area contributed by atoms with Crippen LogP contribution in [0.2, 0.25) is 0 Å². The molecule has 0 amide bonds. The summed E-state index contributed by atoms with van der Waals surface area (Å²) in [5.41, 5.74) is 1.13. The Hall–Kier alpha value is -2.04. The summed E-state index contributed by atoms with van der Waals surface area (Å²) in [6, 6.07) is 0. The Labute approximate surface area is 113 Å². The Morgan fingerprint density at radius 3 is 2.42 bits per heavy atom. The molecule has 0 atom stereocenters. The van der Waals surface area contributed by atoms with E-state index in [1.54, 1.807) is 26.8 Å². The maximum absolute atomic E-state index is 11.4. The molecule has 5 heteroatoms. The summed E-state index contributed by atoms with van der Waals surface area (Å²) >= 11 is 0. The summed E-state index contributed by atoms with van der Waals surface area (Å²) in [5.74, 6) is -0.411. The fourth-order valence-electron chi connectivity index (χ4n) is 1.01. The van der Waals surface area contributed by atoms with Crippen LogP contribution in [-0.2, 0) is 19.0 Å². The van der Waals surface area contributed by atoms with Crippen molar-refractivity contribution in [1.82, 2.24) is 0 Å². The first-order valence-corrected chi connectivity index (χ1v) is 5.95. The second-order valence-electron chi connectivity index (χ2n) is 3.67. The van der Waals surface area contributed by atoms with Gasteiger partial charge in [-0.1, -0.05) is 12.7 Å².